The first-order valence-electron chi connectivity index (χ1n) is 6.89. The quantitative estimate of drug-likeness (QED) is 0.863. The normalized spacial score (nSPS) is 15.4. The average molecular weight is 331 g/mol. The summed E-state index contributed by atoms with van der Waals surface area (Å²) in [6.07, 6.45) is 1.82. The summed E-state index contributed by atoms with van der Waals surface area (Å²) in [6, 6.07) is 6.98. The molecule has 116 valence electrons. The predicted octanol–water partition coefficient (Wildman–Crippen LogP) is 2.53. The number of ketones is 1. The fraction of sp³-hybridized carbons (Fsp3) is 0.467. The second-order valence-corrected chi connectivity index (χ2v) is 5.50. The summed E-state index contributed by atoms with van der Waals surface area (Å²) in [5.41, 5.74) is 6.08. The Labute approximate surface area is 136 Å². The zero-order chi connectivity index (χ0) is 14.5. The molecule has 4 nitrogen and oxygen atoms in total. The van der Waals surface area contributed by atoms with Crippen LogP contribution in [-0.2, 0) is 4.79 Å². The molecular formula is C15H20Cl2N2O2. The van der Waals surface area contributed by atoms with Crippen LogP contribution in [0.2, 0.25) is 5.02 Å². The molecule has 1 aromatic rings. The molecule has 1 fully saturated rings. The minimum Gasteiger partial charge on any atom is -0.343 e. The maximum absolute atomic E-state index is 12.3. The molecule has 1 aromatic carbocycles. The summed E-state index contributed by atoms with van der Waals surface area (Å²) in [5, 5.41) is 0.628. The third-order valence-corrected chi connectivity index (χ3v) is 3.96. The van der Waals surface area contributed by atoms with Gasteiger partial charge in [-0.05, 0) is 37.1 Å². The van der Waals surface area contributed by atoms with E-state index < -0.39 is 0 Å². The molecule has 1 amide bonds. The average Bonchev–Trinajstić information content (AvgIpc) is 2.48. The molecule has 0 spiro atoms. The van der Waals surface area contributed by atoms with Crippen LogP contribution in [0.1, 0.15) is 29.6 Å². The van der Waals surface area contributed by atoms with E-state index in [2.05, 4.69) is 0 Å². The van der Waals surface area contributed by atoms with E-state index in [1.54, 1.807) is 29.2 Å². The summed E-state index contributed by atoms with van der Waals surface area (Å²) in [6.45, 7) is 1.66. The largest absolute Gasteiger partial charge is 0.343 e. The Balaban J connectivity index is 0.00000220. The number of amides is 1. The lowest BCUT2D eigenvalue weighted by Gasteiger charge is -2.31. The van der Waals surface area contributed by atoms with Gasteiger partial charge in [-0.3, -0.25) is 9.59 Å². The lowest BCUT2D eigenvalue weighted by molar-refractivity contribution is -0.132. The third kappa shape index (κ3) is 4.70. The van der Waals surface area contributed by atoms with Crippen molar-refractivity contribution in [3.05, 3.63) is 34.9 Å². The van der Waals surface area contributed by atoms with E-state index in [1.165, 1.54) is 0 Å². The van der Waals surface area contributed by atoms with Crippen molar-refractivity contribution in [2.75, 3.05) is 19.6 Å². The molecule has 0 aromatic heterocycles. The van der Waals surface area contributed by atoms with Gasteiger partial charge in [0, 0.05) is 42.6 Å². The molecule has 6 heteroatoms. The van der Waals surface area contributed by atoms with Crippen molar-refractivity contribution in [3.8, 4) is 0 Å². The number of likely N-dealkylation sites (tertiary alicyclic amines) is 1. The van der Waals surface area contributed by atoms with Gasteiger partial charge in [-0.2, -0.15) is 0 Å². The number of nitrogens with two attached hydrogens (primary N) is 1. The van der Waals surface area contributed by atoms with Crippen LogP contribution in [0.3, 0.4) is 0 Å². The smallest absolute Gasteiger partial charge is 0.223 e. The number of carbonyl (C=O) groups excluding carboxylic acids is 2. The minimum atomic E-state index is -0.00176. The fourth-order valence-corrected chi connectivity index (χ4v) is 2.65. The Kier molecular flexibility index (Phi) is 7.15. The van der Waals surface area contributed by atoms with Crippen molar-refractivity contribution in [1.82, 2.24) is 4.90 Å². The Bertz CT molecular complexity index is 483. The van der Waals surface area contributed by atoms with Crippen LogP contribution in [0.15, 0.2) is 24.3 Å². The zero-order valence-corrected chi connectivity index (χ0v) is 13.3. The van der Waals surface area contributed by atoms with Gasteiger partial charge in [0.1, 0.15) is 0 Å². The standard InChI is InChI=1S/C15H19ClN2O2.ClH/c16-13-3-1-11(2-4-13)15(20)12-6-9-18(10-7-12)14(19)5-8-17;/h1-4,12H,5-10,17H2;1H. The first-order chi connectivity index (χ1) is 9.61. The highest BCUT2D eigenvalue weighted by Crippen LogP contribution is 2.23. The monoisotopic (exact) mass is 330 g/mol. The van der Waals surface area contributed by atoms with Gasteiger partial charge in [0.2, 0.25) is 5.91 Å². The molecule has 0 atom stereocenters. The molecule has 1 aliphatic heterocycles. The summed E-state index contributed by atoms with van der Waals surface area (Å²) < 4.78 is 0. The van der Waals surface area contributed by atoms with E-state index in [0.717, 1.165) is 12.8 Å². The molecule has 1 heterocycles. The summed E-state index contributed by atoms with van der Waals surface area (Å²) in [4.78, 5) is 25.9. The fourth-order valence-electron chi connectivity index (χ4n) is 2.52. The molecule has 0 unspecified atom stereocenters. The Hall–Kier alpha value is -1.10. The van der Waals surface area contributed by atoms with Crippen LogP contribution in [0, 0.1) is 5.92 Å². The van der Waals surface area contributed by atoms with Crippen LogP contribution in [0.4, 0.5) is 0 Å². The second kappa shape index (κ2) is 8.37. The molecule has 0 bridgehead atoms. The van der Waals surface area contributed by atoms with Crippen molar-refractivity contribution in [1.29, 1.82) is 0 Å². The van der Waals surface area contributed by atoms with E-state index >= 15 is 0 Å². The topological polar surface area (TPSA) is 63.4 Å². The Morgan fingerprint density at radius 1 is 1.19 bits per heavy atom. The number of hydrogen-bond acceptors (Lipinski definition) is 3. The van der Waals surface area contributed by atoms with E-state index in [9.17, 15) is 9.59 Å². The Morgan fingerprint density at radius 2 is 1.76 bits per heavy atom. The van der Waals surface area contributed by atoms with E-state index in [0.29, 0.717) is 36.6 Å². The van der Waals surface area contributed by atoms with Crippen molar-refractivity contribution < 1.29 is 9.59 Å². The first-order valence-corrected chi connectivity index (χ1v) is 7.27. The molecule has 2 N–H and O–H groups in total. The van der Waals surface area contributed by atoms with Crippen molar-refractivity contribution in [2.24, 2.45) is 11.7 Å². The van der Waals surface area contributed by atoms with Crippen LogP contribution in [-0.4, -0.2) is 36.2 Å². The van der Waals surface area contributed by atoms with Crippen LogP contribution in [0.5, 0.6) is 0 Å². The number of carbonyl (C=O) groups is 2. The minimum absolute atomic E-state index is 0. The Morgan fingerprint density at radius 3 is 2.29 bits per heavy atom. The van der Waals surface area contributed by atoms with Crippen LogP contribution >= 0.6 is 24.0 Å². The molecule has 0 radical (unpaired) electrons. The van der Waals surface area contributed by atoms with Crippen molar-refractivity contribution >= 4 is 35.7 Å². The highest BCUT2D eigenvalue weighted by molar-refractivity contribution is 6.30. The number of hydrogen-bond donors (Lipinski definition) is 1. The molecule has 2 rings (SSSR count). The van der Waals surface area contributed by atoms with Gasteiger partial charge in [0.25, 0.3) is 0 Å². The van der Waals surface area contributed by atoms with Crippen molar-refractivity contribution in [3.63, 3.8) is 0 Å². The van der Waals surface area contributed by atoms with Gasteiger partial charge < -0.3 is 10.6 Å². The SMILES string of the molecule is Cl.NCCC(=O)N1CCC(C(=O)c2ccc(Cl)cc2)CC1. The zero-order valence-electron chi connectivity index (χ0n) is 11.8. The lowest BCUT2D eigenvalue weighted by atomic mass is 9.89. The van der Waals surface area contributed by atoms with Gasteiger partial charge in [0.15, 0.2) is 5.78 Å². The maximum Gasteiger partial charge on any atom is 0.223 e. The van der Waals surface area contributed by atoms with Gasteiger partial charge in [-0.1, -0.05) is 11.6 Å². The maximum atomic E-state index is 12.3. The predicted molar refractivity (Wildman–Crippen MR) is 86.0 cm³/mol. The van der Waals surface area contributed by atoms with Crippen molar-refractivity contribution in [2.45, 2.75) is 19.3 Å². The highest BCUT2D eigenvalue weighted by atomic mass is 35.5. The van der Waals surface area contributed by atoms with Gasteiger partial charge in [-0.25, -0.2) is 0 Å². The van der Waals surface area contributed by atoms with Crippen LogP contribution < -0.4 is 5.73 Å². The first kappa shape index (κ1) is 18.0. The summed E-state index contributed by atoms with van der Waals surface area (Å²) in [5.74, 6) is 0.232. The third-order valence-electron chi connectivity index (χ3n) is 3.71. The highest BCUT2D eigenvalue weighted by Gasteiger charge is 2.27. The molecule has 1 saturated heterocycles. The van der Waals surface area contributed by atoms with Crippen LogP contribution in [0.25, 0.3) is 0 Å². The number of rotatable bonds is 4. The molecular weight excluding hydrogens is 311 g/mol. The second-order valence-electron chi connectivity index (χ2n) is 5.06. The molecule has 0 aliphatic carbocycles. The lowest BCUT2D eigenvalue weighted by Crippen LogP contribution is -2.40. The summed E-state index contributed by atoms with van der Waals surface area (Å²) >= 11 is 5.82. The number of benzene rings is 1. The summed E-state index contributed by atoms with van der Waals surface area (Å²) in [7, 11) is 0. The molecule has 0 saturated carbocycles. The van der Waals surface area contributed by atoms with Gasteiger partial charge >= 0.3 is 0 Å². The number of nitrogens with zero attached hydrogens (tertiary/aromatic N) is 1. The molecule has 1 aliphatic rings. The number of halogens is 2. The van der Waals surface area contributed by atoms with Gasteiger partial charge in [0.05, 0.1) is 0 Å². The van der Waals surface area contributed by atoms with E-state index in [1.807, 2.05) is 0 Å². The number of Topliss-reactive ketones (excluding diaryl/α,β-unsaturated/α-hetero) is 1. The molecule has 21 heavy (non-hydrogen) atoms. The van der Waals surface area contributed by atoms with E-state index in [-0.39, 0.29) is 30.0 Å². The van der Waals surface area contributed by atoms with E-state index in [4.69, 9.17) is 17.3 Å². The van der Waals surface area contributed by atoms with Gasteiger partial charge in [-0.15, -0.1) is 12.4 Å². The number of piperidine rings is 1.